The molecule has 4 heteroatoms. The summed E-state index contributed by atoms with van der Waals surface area (Å²) >= 11 is 0. The van der Waals surface area contributed by atoms with Crippen molar-refractivity contribution in [3.63, 3.8) is 0 Å². The summed E-state index contributed by atoms with van der Waals surface area (Å²) in [7, 11) is 0. The Bertz CT molecular complexity index is 294. The fourth-order valence-corrected chi connectivity index (χ4v) is 1.64. The molecule has 86 valence electrons. The lowest BCUT2D eigenvalue weighted by Gasteiger charge is -2.24. The Morgan fingerprint density at radius 2 is 2.27 bits per heavy atom. The van der Waals surface area contributed by atoms with E-state index in [1.54, 1.807) is 6.20 Å². The van der Waals surface area contributed by atoms with Crippen molar-refractivity contribution in [3.05, 3.63) is 18.0 Å². The third kappa shape index (κ3) is 3.04. The van der Waals surface area contributed by atoms with E-state index in [2.05, 4.69) is 17.3 Å². The van der Waals surface area contributed by atoms with Gasteiger partial charge < -0.3 is 10.4 Å². The maximum atomic E-state index is 10.3. The number of hydrogen-bond donors (Lipinski definition) is 2. The topological polar surface area (TPSA) is 50.1 Å². The molecule has 1 rings (SSSR count). The van der Waals surface area contributed by atoms with Crippen LogP contribution in [0, 0.1) is 0 Å². The van der Waals surface area contributed by atoms with Gasteiger partial charge in [-0.3, -0.25) is 4.68 Å². The third-order valence-corrected chi connectivity index (χ3v) is 2.46. The number of hydrogen-bond acceptors (Lipinski definition) is 3. The lowest BCUT2D eigenvalue weighted by atomic mass is 10.0. The molecule has 0 aliphatic carbocycles. The molecule has 2 N–H and O–H groups in total. The van der Waals surface area contributed by atoms with E-state index in [-0.39, 0.29) is 0 Å². The van der Waals surface area contributed by atoms with Crippen molar-refractivity contribution >= 4 is 0 Å². The number of rotatable bonds is 6. The van der Waals surface area contributed by atoms with Gasteiger partial charge in [0.2, 0.25) is 0 Å². The molecule has 1 unspecified atom stereocenters. The standard InChI is InChI=1S/C11H21N3O/c1-4-7-12-9-11(3,15)10-6-8-13-14(10)5-2/h6,8,12,15H,4-5,7,9H2,1-3H3. The van der Waals surface area contributed by atoms with Gasteiger partial charge in [-0.1, -0.05) is 6.92 Å². The third-order valence-electron chi connectivity index (χ3n) is 2.46. The number of nitrogens with one attached hydrogen (secondary N) is 1. The molecule has 0 aliphatic rings. The second-order valence-corrected chi connectivity index (χ2v) is 3.98. The molecule has 1 aromatic heterocycles. The lowest BCUT2D eigenvalue weighted by Crippen LogP contribution is -2.37. The van der Waals surface area contributed by atoms with Gasteiger partial charge in [0, 0.05) is 19.3 Å². The molecular weight excluding hydrogens is 190 g/mol. The van der Waals surface area contributed by atoms with Crippen LogP contribution in [-0.4, -0.2) is 28.0 Å². The van der Waals surface area contributed by atoms with Crippen molar-refractivity contribution in [1.29, 1.82) is 0 Å². The first-order valence-electron chi connectivity index (χ1n) is 5.57. The summed E-state index contributed by atoms with van der Waals surface area (Å²) in [6.07, 6.45) is 2.80. The molecule has 1 atom stereocenters. The van der Waals surface area contributed by atoms with Gasteiger partial charge in [-0.15, -0.1) is 0 Å². The summed E-state index contributed by atoms with van der Waals surface area (Å²) in [4.78, 5) is 0. The van der Waals surface area contributed by atoms with Crippen molar-refractivity contribution in [2.24, 2.45) is 0 Å². The van der Waals surface area contributed by atoms with E-state index in [4.69, 9.17) is 0 Å². The lowest BCUT2D eigenvalue weighted by molar-refractivity contribution is 0.0478. The molecule has 0 saturated carbocycles. The number of aryl methyl sites for hydroxylation is 1. The van der Waals surface area contributed by atoms with Gasteiger partial charge in [0.05, 0.1) is 5.69 Å². The average molecular weight is 211 g/mol. The Balaban J connectivity index is 2.67. The van der Waals surface area contributed by atoms with Crippen molar-refractivity contribution in [2.75, 3.05) is 13.1 Å². The monoisotopic (exact) mass is 211 g/mol. The highest BCUT2D eigenvalue weighted by Gasteiger charge is 2.25. The van der Waals surface area contributed by atoms with E-state index in [9.17, 15) is 5.11 Å². The molecule has 0 saturated heterocycles. The number of nitrogens with zero attached hydrogens (tertiary/aromatic N) is 2. The zero-order chi connectivity index (χ0) is 11.3. The quantitative estimate of drug-likeness (QED) is 0.693. The molecule has 0 bridgehead atoms. The van der Waals surface area contributed by atoms with Crippen LogP contribution in [0.5, 0.6) is 0 Å². The van der Waals surface area contributed by atoms with Crippen LogP contribution in [0.2, 0.25) is 0 Å². The molecule has 0 aromatic carbocycles. The Morgan fingerprint density at radius 3 is 2.87 bits per heavy atom. The van der Waals surface area contributed by atoms with E-state index < -0.39 is 5.60 Å². The van der Waals surface area contributed by atoms with Crippen LogP contribution in [0.15, 0.2) is 12.3 Å². The summed E-state index contributed by atoms with van der Waals surface area (Å²) in [5.41, 5.74) is 0.0235. The van der Waals surface area contributed by atoms with Gasteiger partial charge in [-0.05, 0) is 32.9 Å². The maximum Gasteiger partial charge on any atom is 0.116 e. The minimum atomic E-state index is -0.846. The largest absolute Gasteiger partial charge is 0.383 e. The van der Waals surface area contributed by atoms with E-state index in [1.165, 1.54) is 0 Å². The fraction of sp³-hybridized carbons (Fsp3) is 0.727. The zero-order valence-corrected chi connectivity index (χ0v) is 9.82. The minimum absolute atomic E-state index is 0.562. The van der Waals surface area contributed by atoms with E-state index in [0.29, 0.717) is 6.54 Å². The summed E-state index contributed by atoms with van der Waals surface area (Å²) in [5, 5.41) is 17.7. The SMILES string of the molecule is CCCNCC(C)(O)c1ccnn1CC. The smallest absolute Gasteiger partial charge is 0.116 e. The van der Waals surface area contributed by atoms with Crippen LogP contribution >= 0.6 is 0 Å². The van der Waals surface area contributed by atoms with Gasteiger partial charge in [-0.2, -0.15) is 5.10 Å². The second-order valence-electron chi connectivity index (χ2n) is 3.98. The van der Waals surface area contributed by atoms with Crippen molar-refractivity contribution in [3.8, 4) is 0 Å². The Hall–Kier alpha value is -0.870. The predicted octanol–water partition coefficient (Wildman–Crippen LogP) is 1.11. The first kappa shape index (κ1) is 12.2. The summed E-state index contributed by atoms with van der Waals surface area (Å²) < 4.78 is 1.83. The molecule has 0 radical (unpaired) electrons. The Labute approximate surface area is 91.3 Å². The van der Waals surface area contributed by atoms with Crippen LogP contribution in [0.1, 0.15) is 32.9 Å². The highest BCUT2D eigenvalue weighted by molar-refractivity contribution is 5.11. The van der Waals surface area contributed by atoms with Crippen LogP contribution in [-0.2, 0) is 12.1 Å². The van der Waals surface area contributed by atoms with Crippen molar-refractivity contribution in [1.82, 2.24) is 15.1 Å². The van der Waals surface area contributed by atoms with Gasteiger partial charge in [0.25, 0.3) is 0 Å². The predicted molar refractivity (Wildman–Crippen MR) is 60.6 cm³/mol. The van der Waals surface area contributed by atoms with Crippen LogP contribution in [0.25, 0.3) is 0 Å². The highest BCUT2D eigenvalue weighted by atomic mass is 16.3. The second kappa shape index (κ2) is 5.28. The average Bonchev–Trinajstić information content (AvgIpc) is 2.66. The number of aromatic nitrogens is 2. The maximum absolute atomic E-state index is 10.3. The Kier molecular flexibility index (Phi) is 4.29. The molecule has 15 heavy (non-hydrogen) atoms. The van der Waals surface area contributed by atoms with Gasteiger partial charge in [0.1, 0.15) is 5.60 Å². The fourth-order valence-electron chi connectivity index (χ4n) is 1.64. The molecular formula is C11H21N3O. The number of aliphatic hydroxyl groups is 1. The van der Waals surface area contributed by atoms with Crippen LogP contribution < -0.4 is 5.32 Å². The first-order chi connectivity index (χ1) is 7.11. The normalized spacial score (nSPS) is 15.2. The molecule has 0 spiro atoms. The highest BCUT2D eigenvalue weighted by Crippen LogP contribution is 2.18. The van der Waals surface area contributed by atoms with E-state index >= 15 is 0 Å². The summed E-state index contributed by atoms with van der Waals surface area (Å²) in [6, 6.07) is 1.87. The molecule has 0 amide bonds. The van der Waals surface area contributed by atoms with Gasteiger partial charge >= 0.3 is 0 Å². The van der Waals surface area contributed by atoms with Crippen LogP contribution in [0.4, 0.5) is 0 Å². The molecule has 0 aliphatic heterocycles. The van der Waals surface area contributed by atoms with E-state index in [1.807, 2.05) is 24.6 Å². The minimum Gasteiger partial charge on any atom is -0.383 e. The van der Waals surface area contributed by atoms with Gasteiger partial charge in [-0.25, -0.2) is 0 Å². The van der Waals surface area contributed by atoms with Gasteiger partial charge in [0.15, 0.2) is 0 Å². The first-order valence-corrected chi connectivity index (χ1v) is 5.57. The van der Waals surface area contributed by atoms with Crippen molar-refractivity contribution < 1.29 is 5.11 Å². The van der Waals surface area contributed by atoms with Crippen molar-refractivity contribution in [2.45, 2.75) is 39.3 Å². The van der Waals surface area contributed by atoms with Crippen LogP contribution in [0.3, 0.4) is 0 Å². The molecule has 1 aromatic rings. The summed E-state index contributed by atoms with van der Waals surface area (Å²) in [5.74, 6) is 0. The molecule has 0 fully saturated rings. The Morgan fingerprint density at radius 1 is 1.53 bits per heavy atom. The zero-order valence-electron chi connectivity index (χ0n) is 9.82. The summed E-state index contributed by atoms with van der Waals surface area (Å²) in [6.45, 7) is 8.22. The molecule has 4 nitrogen and oxygen atoms in total. The molecule has 1 heterocycles. The van der Waals surface area contributed by atoms with E-state index in [0.717, 1.165) is 25.2 Å².